The summed E-state index contributed by atoms with van der Waals surface area (Å²) in [6.45, 7) is 0.422. The molecular formula is C17H11BrN4O2S. The number of halogens is 1. The van der Waals surface area contributed by atoms with E-state index in [4.69, 9.17) is 9.47 Å². The van der Waals surface area contributed by atoms with Crippen molar-refractivity contribution in [2.75, 3.05) is 6.61 Å². The van der Waals surface area contributed by atoms with Gasteiger partial charge < -0.3 is 9.47 Å². The van der Waals surface area contributed by atoms with E-state index in [0.717, 1.165) is 31.5 Å². The van der Waals surface area contributed by atoms with Crippen molar-refractivity contribution in [2.45, 2.75) is 6.10 Å². The van der Waals surface area contributed by atoms with Crippen LogP contribution in [0.5, 0.6) is 11.5 Å². The van der Waals surface area contributed by atoms with Gasteiger partial charge in [0.1, 0.15) is 6.61 Å². The average molecular weight is 415 g/mol. The largest absolute Gasteiger partial charge is 0.485 e. The summed E-state index contributed by atoms with van der Waals surface area (Å²) in [7, 11) is 0. The van der Waals surface area contributed by atoms with Crippen LogP contribution in [0.3, 0.4) is 0 Å². The Hall–Kier alpha value is -2.45. The fraction of sp³-hybridized carbons (Fsp3) is 0.118. The fourth-order valence-corrected chi connectivity index (χ4v) is 4.03. The summed E-state index contributed by atoms with van der Waals surface area (Å²) in [5.74, 6) is 2.19. The van der Waals surface area contributed by atoms with E-state index in [1.807, 2.05) is 48.5 Å². The van der Waals surface area contributed by atoms with Crippen molar-refractivity contribution in [3.63, 3.8) is 0 Å². The van der Waals surface area contributed by atoms with Crippen LogP contribution in [-0.4, -0.2) is 26.4 Å². The Labute approximate surface area is 155 Å². The second kappa shape index (κ2) is 5.82. The summed E-state index contributed by atoms with van der Waals surface area (Å²) in [6, 6.07) is 15.5. The second-order valence-electron chi connectivity index (χ2n) is 5.50. The normalized spacial score (nSPS) is 16.3. The number of aromatic nitrogens is 4. The molecule has 5 rings (SSSR count). The van der Waals surface area contributed by atoms with Crippen molar-refractivity contribution < 1.29 is 9.47 Å². The third kappa shape index (κ3) is 2.49. The molecule has 25 heavy (non-hydrogen) atoms. The number of para-hydroxylation sites is 2. The first-order valence-corrected chi connectivity index (χ1v) is 9.26. The van der Waals surface area contributed by atoms with Crippen molar-refractivity contribution in [3.8, 4) is 22.9 Å². The van der Waals surface area contributed by atoms with E-state index in [1.54, 1.807) is 4.52 Å². The molecule has 124 valence electrons. The molecule has 8 heteroatoms. The third-order valence-electron chi connectivity index (χ3n) is 3.91. The zero-order valence-corrected chi connectivity index (χ0v) is 15.2. The average Bonchev–Trinajstić information content (AvgIpc) is 3.23. The van der Waals surface area contributed by atoms with Gasteiger partial charge in [-0.15, -0.1) is 10.2 Å². The van der Waals surface area contributed by atoms with Gasteiger partial charge in [0.2, 0.25) is 4.96 Å². The van der Waals surface area contributed by atoms with Gasteiger partial charge in [0, 0.05) is 10.0 Å². The molecule has 0 saturated carbocycles. The molecule has 1 atom stereocenters. The Morgan fingerprint density at radius 2 is 1.84 bits per heavy atom. The molecule has 2 aromatic carbocycles. The van der Waals surface area contributed by atoms with Crippen molar-refractivity contribution in [2.24, 2.45) is 0 Å². The van der Waals surface area contributed by atoms with Crippen molar-refractivity contribution in [1.82, 2.24) is 19.8 Å². The van der Waals surface area contributed by atoms with Crippen LogP contribution in [0, 0.1) is 0 Å². The lowest BCUT2D eigenvalue weighted by atomic mass is 10.2. The molecule has 0 bridgehead atoms. The highest BCUT2D eigenvalue weighted by atomic mass is 79.9. The van der Waals surface area contributed by atoms with Crippen molar-refractivity contribution in [3.05, 3.63) is 58.0 Å². The molecule has 1 unspecified atom stereocenters. The maximum absolute atomic E-state index is 6.04. The van der Waals surface area contributed by atoms with Gasteiger partial charge in [-0.1, -0.05) is 51.5 Å². The van der Waals surface area contributed by atoms with Crippen LogP contribution >= 0.6 is 27.3 Å². The lowest BCUT2D eigenvalue weighted by Crippen LogP contribution is -2.21. The molecule has 0 aliphatic carbocycles. The predicted octanol–water partition coefficient (Wildman–Crippen LogP) is 4.13. The lowest BCUT2D eigenvalue weighted by Gasteiger charge is -2.24. The fourth-order valence-electron chi connectivity index (χ4n) is 2.71. The summed E-state index contributed by atoms with van der Waals surface area (Å²) in [5, 5.41) is 14.0. The van der Waals surface area contributed by atoms with Crippen LogP contribution < -0.4 is 9.47 Å². The molecule has 0 fully saturated rings. The molecule has 1 aliphatic rings. The Morgan fingerprint density at radius 1 is 1.04 bits per heavy atom. The maximum atomic E-state index is 6.04. The summed E-state index contributed by atoms with van der Waals surface area (Å²) < 4.78 is 14.5. The number of hydrogen-bond donors (Lipinski definition) is 0. The molecule has 3 heterocycles. The van der Waals surface area contributed by atoms with Gasteiger partial charge in [-0.25, -0.2) is 0 Å². The summed E-state index contributed by atoms with van der Waals surface area (Å²) in [6.07, 6.45) is -0.256. The molecular weight excluding hydrogens is 404 g/mol. The highest BCUT2D eigenvalue weighted by Gasteiger charge is 2.27. The number of fused-ring (bicyclic) bond motifs is 2. The number of benzene rings is 2. The molecule has 0 N–H and O–H groups in total. The predicted molar refractivity (Wildman–Crippen MR) is 97.1 cm³/mol. The van der Waals surface area contributed by atoms with Crippen LogP contribution in [0.15, 0.2) is 53.0 Å². The van der Waals surface area contributed by atoms with E-state index in [2.05, 4.69) is 31.2 Å². The molecule has 0 amide bonds. The summed E-state index contributed by atoms with van der Waals surface area (Å²) in [5.41, 5.74) is 0.943. The van der Waals surface area contributed by atoms with Gasteiger partial charge in [-0.2, -0.15) is 9.61 Å². The van der Waals surface area contributed by atoms with Crippen LogP contribution in [0.2, 0.25) is 0 Å². The monoisotopic (exact) mass is 414 g/mol. The minimum Gasteiger partial charge on any atom is -0.485 e. The first-order valence-electron chi connectivity index (χ1n) is 7.65. The highest BCUT2D eigenvalue weighted by Crippen LogP contribution is 2.37. The van der Waals surface area contributed by atoms with E-state index in [0.29, 0.717) is 12.4 Å². The molecule has 4 aromatic rings. The summed E-state index contributed by atoms with van der Waals surface area (Å²) in [4.78, 5) is 0.725. The number of hydrogen-bond acceptors (Lipinski definition) is 6. The second-order valence-corrected chi connectivity index (χ2v) is 7.34. The van der Waals surface area contributed by atoms with Gasteiger partial charge in [-0.3, -0.25) is 0 Å². The molecule has 0 saturated heterocycles. The Bertz CT molecular complexity index is 1080. The Kier molecular flexibility index (Phi) is 3.46. The van der Waals surface area contributed by atoms with Crippen molar-refractivity contribution in [1.29, 1.82) is 0 Å². The van der Waals surface area contributed by atoms with Crippen LogP contribution in [0.25, 0.3) is 16.3 Å². The minimum absolute atomic E-state index is 0.256. The van der Waals surface area contributed by atoms with E-state index in [1.165, 1.54) is 11.3 Å². The Balaban J connectivity index is 1.53. The molecule has 2 aromatic heterocycles. The van der Waals surface area contributed by atoms with E-state index in [9.17, 15) is 0 Å². The first-order chi connectivity index (χ1) is 12.3. The number of nitrogens with zero attached hydrogens (tertiary/aromatic N) is 4. The van der Waals surface area contributed by atoms with E-state index in [-0.39, 0.29) is 6.10 Å². The molecule has 0 spiro atoms. The third-order valence-corrected chi connectivity index (χ3v) is 5.59. The topological polar surface area (TPSA) is 61.5 Å². The van der Waals surface area contributed by atoms with Crippen LogP contribution in [-0.2, 0) is 0 Å². The molecule has 0 radical (unpaired) electrons. The maximum Gasteiger partial charge on any atom is 0.235 e. The number of ether oxygens (including phenoxy) is 2. The highest BCUT2D eigenvalue weighted by molar-refractivity contribution is 9.10. The van der Waals surface area contributed by atoms with E-state index >= 15 is 0 Å². The lowest BCUT2D eigenvalue weighted by molar-refractivity contribution is 0.0904. The van der Waals surface area contributed by atoms with Gasteiger partial charge in [0.05, 0.1) is 0 Å². The SMILES string of the molecule is Brc1ccccc1-c1nnc2sc(C3COc4ccccc4O3)nn12. The van der Waals surface area contributed by atoms with Crippen LogP contribution in [0.1, 0.15) is 11.1 Å². The van der Waals surface area contributed by atoms with Gasteiger partial charge in [0.25, 0.3) is 0 Å². The van der Waals surface area contributed by atoms with Gasteiger partial charge >= 0.3 is 0 Å². The quantitative estimate of drug-likeness (QED) is 0.493. The minimum atomic E-state index is -0.256. The van der Waals surface area contributed by atoms with Gasteiger partial charge in [-0.05, 0) is 24.3 Å². The summed E-state index contributed by atoms with van der Waals surface area (Å²) >= 11 is 5.01. The Morgan fingerprint density at radius 3 is 2.72 bits per heavy atom. The number of rotatable bonds is 2. The van der Waals surface area contributed by atoms with Gasteiger partial charge in [0.15, 0.2) is 28.4 Å². The zero-order chi connectivity index (χ0) is 16.8. The molecule has 1 aliphatic heterocycles. The first kappa shape index (κ1) is 14.9. The standard InChI is InChI=1S/C17H11BrN4O2S/c18-11-6-2-1-5-10(11)15-19-20-17-22(15)21-16(25-17)14-9-23-12-7-3-4-8-13(12)24-14/h1-8,14H,9H2. The van der Waals surface area contributed by atoms with Crippen LogP contribution in [0.4, 0.5) is 0 Å². The van der Waals surface area contributed by atoms with E-state index < -0.39 is 0 Å². The smallest absolute Gasteiger partial charge is 0.235 e. The molecule has 6 nitrogen and oxygen atoms in total. The zero-order valence-electron chi connectivity index (χ0n) is 12.8. The van der Waals surface area contributed by atoms with Crippen molar-refractivity contribution >= 4 is 32.2 Å².